The van der Waals surface area contributed by atoms with Gasteiger partial charge in [-0.1, -0.05) is 17.7 Å². The van der Waals surface area contributed by atoms with Crippen LogP contribution in [0, 0.1) is 6.92 Å². The van der Waals surface area contributed by atoms with Crippen molar-refractivity contribution in [2.24, 2.45) is 0 Å². The van der Waals surface area contributed by atoms with Crippen molar-refractivity contribution >= 4 is 40.7 Å². The summed E-state index contributed by atoms with van der Waals surface area (Å²) >= 11 is 6.05. The van der Waals surface area contributed by atoms with Crippen LogP contribution >= 0.6 is 11.6 Å². The van der Waals surface area contributed by atoms with Gasteiger partial charge in [-0.3, -0.25) is 0 Å². The summed E-state index contributed by atoms with van der Waals surface area (Å²) in [5.41, 5.74) is 3.17. The number of methoxy groups -OCH3 is 1. The number of rotatable bonds is 5. The molecule has 0 spiro atoms. The highest BCUT2D eigenvalue weighted by atomic mass is 35.5. The summed E-state index contributed by atoms with van der Waals surface area (Å²) in [5, 5.41) is 6.98. The number of nitrogens with zero attached hydrogens (tertiary/aromatic N) is 2. The summed E-state index contributed by atoms with van der Waals surface area (Å²) in [6, 6.07) is 14.3. The van der Waals surface area contributed by atoms with E-state index in [4.69, 9.17) is 11.6 Å². The van der Waals surface area contributed by atoms with Gasteiger partial charge in [0.25, 0.3) is 0 Å². The van der Waals surface area contributed by atoms with Crippen molar-refractivity contribution in [1.29, 1.82) is 0 Å². The van der Waals surface area contributed by atoms with Crippen LogP contribution in [0.4, 0.5) is 23.1 Å². The van der Waals surface area contributed by atoms with Crippen molar-refractivity contribution in [3.8, 4) is 0 Å². The first-order valence-electron chi connectivity index (χ1n) is 7.87. The molecule has 0 saturated heterocycles. The van der Waals surface area contributed by atoms with E-state index in [0.29, 0.717) is 22.4 Å². The highest BCUT2D eigenvalue weighted by Gasteiger charge is 2.06. The maximum absolute atomic E-state index is 11.5. The normalized spacial score (nSPS) is 10.3. The highest BCUT2D eigenvalue weighted by Crippen LogP contribution is 2.24. The zero-order valence-corrected chi connectivity index (χ0v) is 15.0. The quantitative estimate of drug-likeness (QED) is 0.635. The van der Waals surface area contributed by atoms with E-state index in [0.717, 1.165) is 16.9 Å². The zero-order chi connectivity index (χ0) is 18.5. The Morgan fingerprint density at radius 1 is 1.08 bits per heavy atom. The van der Waals surface area contributed by atoms with Crippen LogP contribution in [0.5, 0.6) is 0 Å². The van der Waals surface area contributed by atoms with E-state index in [-0.39, 0.29) is 5.97 Å². The van der Waals surface area contributed by atoms with Crippen LogP contribution < -0.4 is 10.6 Å². The number of nitrogens with one attached hydrogen (secondary N) is 2. The average molecular weight is 369 g/mol. The monoisotopic (exact) mass is 368 g/mol. The van der Waals surface area contributed by atoms with Gasteiger partial charge < -0.3 is 15.4 Å². The molecule has 26 heavy (non-hydrogen) atoms. The van der Waals surface area contributed by atoms with E-state index < -0.39 is 0 Å². The molecule has 0 bridgehead atoms. The van der Waals surface area contributed by atoms with Gasteiger partial charge in [0, 0.05) is 22.6 Å². The van der Waals surface area contributed by atoms with Crippen molar-refractivity contribution in [3.05, 3.63) is 70.9 Å². The first-order chi connectivity index (χ1) is 12.5. The van der Waals surface area contributed by atoms with Gasteiger partial charge in [0.05, 0.1) is 12.7 Å². The topological polar surface area (TPSA) is 76.1 Å². The second-order valence-corrected chi connectivity index (χ2v) is 5.98. The molecule has 0 aliphatic carbocycles. The van der Waals surface area contributed by atoms with Gasteiger partial charge in [-0.15, -0.1) is 0 Å². The minimum absolute atomic E-state index is 0.379. The number of aryl methyl sites for hydroxylation is 1. The fourth-order valence-electron chi connectivity index (χ4n) is 2.29. The van der Waals surface area contributed by atoms with E-state index in [1.807, 2.05) is 25.1 Å². The molecule has 2 N–H and O–H groups in total. The lowest BCUT2D eigenvalue weighted by atomic mass is 10.2. The first-order valence-corrected chi connectivity index (χ1v) is 8.24. The third-order valence-corrected chi connectivity index (χ3v) is 3.92. The van der Waals surface area contributed by atoms with E-state index in [9.17, 15) is 4.79 Å². The molecular formula is C19H17ClN4O2. The number of carbonyl (C=O) groups is 1. The van der Waals surface area contributed by atoms with E-state index in [2.05, 4.69) is 25.3 Å². The van der Waals surface area contributed by atoms with Crippen LogP contribution in [0.2, 0.25) is 5.02 Å². The Bertz CT molecular complexity index is 929. The molecule has 0 atom stereocenters. The summed E-state index contributed by atoms with van der Waals surface area (Å²) < 4.78 is 4.68. The smallest absolute Gasteiger partial charge is 0.337 e. The van der Waals surface area contributed by atoms with Crippen LogP contribution in [0.3, 0.4) is 0 Å². The van der Waals surface area contributed by atoms with Gasteiger partial charge in [0.1, 0.15) is 5.82 Å². The second kappa shape index (κ2) is 7.84. The van der Waals surface area contributed by atoms with Gasteiger partial charge >= 0.3 is 5.97 Å². The van der Waals surface area contributed by atoms with E-state index >= 15 is 0 Å². The molecule has 0 fully saturated rings. The van der Waals surface area contributed by atoms with Gasteiger partial charge in [-0.25, -0.2) is 9.78 Å². The summed E-state index contributed by atoms with van der Waals surface area (Å²) in [4.78, 5) is 20.1. The third-order valence-electron chi connectivity index (χ3n) is 3.68. The minimum Gasteiger partial charge on any atom is -0.465 e. The number of benzene rings is 2. The molecule has 6 nitrogen and oxygen atoms in total. The van der Waals surface area contributed by atoms with Gasteiger partial charge in [0.2, 0.25) is 5.95 Å². The third kappa shape index (κ3) is 4.29. The van der Waals surface area contributed by atoms with Crippen LogP contribution in [0.1, 0.15) is 15.9 Å². The molecule has 3 aromatic rings. The lowest BCUT2D eigenvalue weighted by Crippen LogP contribution is -2.03. The summed E-state index contributed by atoms with van der Waals surface area (Å²) in [6.45, 7) is 1.99. The van der Waals surface area contributed by atoms with Gasteiger partial charge in [-0.05, 0) is 55.0 Å². The summed E-state index contributed by atoms with van der Waals surface area (Å²) in [6.07, 6.45) is 1.65. The fourth-order valence-corrected chi connectivity index (χ4v) is 2.46. The van der Waals surface area contributed by atoms with Crippen molar-refractivity contribution in [2.45, 2.75) is 6.92 Å². The molecule has 7 heteroatoms. The van der Waals surface area contributed by atoms with Crippen LogP contribution in [0.25, 0.3) is 0 Å². The number of hydrogen-bond acceptors (Lipinski definition) is 6. The predicted octanol–water partition coefficient (Wildman–Crippen LogP) is 4.71. The van der Waals surface area contributed by atoms with Crippen LogP contribution in [-0.2, 0) is 4.74 Å². The van der Waals surface area contributed by atoms with Gasteiger partial charge in [0.15, 0.2) is 0 Å². The molecule has 1 heterocycles. The molecule has 0 aliphatic heterocycles. The standard InChI is InChI=1S/C19H17ClN4O2/c1-12-3-6-14(20)11-16(12)23-17-9-10-21-19(24-17)22-15-7-4-13(5-8-15)18(25)26-2/h3-11H,1-2H3,(H2,21,22,23,24). The van der Waals surface area contributed by atoms with Crippen LogP contribution in [0.15, 0.2) is 54.7 Å². The average Bonchev–Trinajstić information content (AvgIpc) is 2.65. The molecule has 132 valence electrons. The molecule has 0 amide bonds. The number of ether oxygens (including phenoxy) is 1. The number of carbonyl (C=O) groups excluding carboxylic acids is 1. The Balaban J connectivity index is 1.75. The Hall–Kier alpha value is -3.12. The molecule has 2 aromatic carbocycles. The van der Waals surface area contributed by atoms with E-state index in [1.165, 1.54) is 7.11 Å². The largest absolute Gasteiger partial charge is 0.465 e. The number of halogens is 1. The molecule has 0 saturated carbocycles. The van der Waals surface area contributed by atoms with Crippen LogP contribution in [-0.4, -0.2) is 23.0 Å². The molecule has 0 radical (unpaired) electrons. The molecule has 3 rings (SSSR count). The molecule has 0 aliphatic rings. The number of anilines is 4. The molecular weight excluding hydrogens is 352 g/mol. The summed E-state index contributed by atoms with van der Waals surface area (Å²) in [7, 11) is 1.35. The van der Waals surface area contributed by atoms with Crippen molar-refractivity contribution < 1.29 is 9.53 Å². The zero-order valence-electron chi connectivity index (χ0n) is 14.3. The van der Waals surface area contributed by atoms with E-state index in [1.54, 1.807) is 36.5 Å². The SMILES string of the molecule is COC(=O)c1ccc(Nc2nccc(Nc3cc(Cl)ccc3C)n2)cc1. The number of esters is 1. The molecule has 0 unspecified atom stereocenters. The maximum Gasteiger partial charge on any atom is 0.337 e. The lowest BCUT2D eigenvalue weighted by molar-refractivity contribution is 0.0601. The Morgan fingerprint density at radius 2 is 1.85 bits per heavy atom. The minimum atomic E-state index is -0.379. The van der Waals surface area contributed by atoms with Crippen molar-refractivity contribution in [3.63, 3.8) is 0 Å². The maximum atomic E-state index is 11.5. The highest BCUT2D eigenvalue weighted by molar-refractivity contribution is 6.30. The van der Waals surface area contributed by atoms with Crippen molar-refractivity contribution in [1.82, 2.24) is 9.97 Å². The second-order valence-electron chi connectivity index (χ2n) is 5.54. The fraction of sp³-hybridized carbons (Fsp3) is 0.105. The van der Waals surface area contributed by atoms with Gasteiger partial charge in [-0.2, -0.15) is 4.98 Å². The first kappa shape index (κ1) is 17.7. The predicted molar refractivity (Wildman–Crippen MR) is 103 cm³/mol. The summed E-state index contributed by atoms with van der Waals surface area (Å²) in [5.74, 6) is 0.690. The number of aromatic nitrogens is 2. The number of hydrogen-bond donors (Lipinski definition) is 2. The lowest BCUT2D eigenvalue weighted by Gasteiger charge is -2.11. The Morgan fingerprint density at radius 3 is 2.58 bits per heavy atom. The molecule has 1 aromatic heterocycles. The Labute approximate surface area is 156 Å². The van der Waals surface area contributed by atoms with Crippen molar-refractivity contribution in [2.75, 3.05) is 17.7 Å². The Kier molecular flexibility index (Phi) is 5.34.